The van der Waals surface area contributed by atoms with E-state index in [0.717, 1.165) is 12.8 Å². The van der Waals surface area contributed by atoms with Crippen molar-refractivity contribution in [3.63, 3.8) is 0 Å². The van der Waals surface area contributed by atoms with Crippen LogP contribution in [0.1, 0.15) is 19.3 Å². The van der Waals surface area contributed by atoms with Crippen LogP contribution in [0.4, 0.5) is 17.5 Å². The topological polar surface area (TPSA) is 129 Å². The number of nitriles is 1. The van der Waals surface area contributed by atoms with Crippen LogP contribution in [-0.2, 0) is 16.1 Å². The van der Waals surface area contributed by atoms with E-state index < -0.39 is 5.41 Å². The first-order valence-corrected chi connectivity index (χ1v) is 9.12. The van der Waals surface area contributed by atoms with E-state index in [1.807, 2.05) is 0 Å². The van der Waals surface area contributed by atoms with Crippen molar-refractivity contribution >= 4 is 41.7 Å². The number of anilines is 3. The van der Waals surface area contributed by atoms with E-state index in [4.69, 9.17) is 0 Å². The molecule has 3 heterocycles. The number of carbonyl (C=O) groups is 2. The van der Waals surface area contributed by atoms with Crippen molar-refractivity contribution in [2.45, 2.75) is 25.8 Å². The third kappa shape index (κ3) is 3.86. The van der Waals surface area contributed by atoms with Crippen LogP contribution in [-0.4, -0.2) is 45.2 Å². The number of hydrogen-bond donors (Lipinski definition) is 2. The summed E-state index contributed by atoms with van der Waals surface area (Å²) in [5.74, 6) is 0.627. The van der Waals surface area contributed by atoms with Crippen LogP contribution in [0, 0.1) is 22.7 Å². The molecule has 1 saturated heterocycles. The lowest BCUT2D eigenvalue weighted by atomic mass is 9.83. The number of carbonyl (C=O) groups excluding carboxylic acids is 2. The maximum Gasteiger partial charge on any atom is 0.248 e. The summed E-state index contributed by atoms with van der Waals surface area (Å²) in [4.78, 5) is 34.5. The second-order valence-corrected chi connectivity index (χ2v) is 7.03. The first kappa shape index (κ1) is 20.5. The molecule has 0 bridgehead atoms. The Labute approximate surface area is 173 Å². The minimum absolute atomic E-state index is 0. The van der Waals surface area contributed by atoms with E-state index in [9.17, 15) is 14.9 Å². The van der Waals surface area contributed by atoms with Gasteiger partial charge >= 0.3 is 0 Å². The van der Waals surface area contributed by atoms with Crippen LogP contribution < -0.4 is 15.5 Å². The molecule has 2 aromatic heterocycles. The molecule has 0 radical (unpaired) electrons. The Bertz CT molecular complexity index is 967. The van der Waals surface area contributed by atoms with Gasteiger partial charge in [-0.15, -0.1) is 12.4 Å². The predicted octanol–water partition coefficient (Wildman–Crippen LogP) is 1.24. The molecule has 1 saturated carbocycles. The van der Waals surface area contributed by atoms with E-state index >= 15 is 0 Å². The first-order valence-electron chi connectivity index (χ1n) is 9.12. The Morgan fingerprint density at radius 2 is 2.24 bits per heavy atom. The third-order valence-corrected chi connectivity index (χ3v) is 5.22. The highest BCUT2D eigenvalue weighted by molar-refractivity contribution is 6.01. The second-order valence-electron chi connectivity index (χ2n) is 7.03. The van der Waals surface area contributed by atoms with Gasteiger partial charge < -0.3 is 10.6 Å². The van der Waals surface area contributed by atoms with Crippen LogP contribution >= 0.6 is 12.4 Å². The fourth-order valence-corrected chi connectivity index (χ4v) is 3.54. The monoisotopic (exact) mass is 416 g/mol. The van der Waals surface area contributed by atoms with E-state index in [1.54, 1.807) is 36.6 Å². The number of amides is 2. The Hall–Kier alpha value is -3.19. The van der Waals surface area contributed by atoms with Crippen molar-refractivity contribution in [3.05, 3.63) is 24.7 Å². The summed E-state index contributed by atoms with van der Waals surface area (Å²) >= 11 is 0. The van der Waals surface area contributed by atoms with Crippen molar-refractivity contribution in [2.24, 2.45) is 11.3 Å². The van der Waals surface area contributed by atoms with Crippen LogP contribution in [0.3, 0.4) is 0 Å². The van der Waals surface area contributed by atoms with Gasteiger partial charge in [0.15, 0.2) is 0 Å². The molecule has 2 aromatic rings. The molecule has 29 heavy (non-hydrogen) atoms. The molecule has 0 unspecified atom stereocenters. The average Bonchev–Trinajstić information content (AvgIpc) is 3.38. The molecule has 0 spiro atoms. The second kappa shape index (κ2) is 8.05. The quantitative estimate of drug-likeness (QED) is 0.724. The minimum Gasteiger partial charge on any atom is -0.358 e. The van der Waals surface area contributed by atoms with Gasteiger partial charge in [-0.1, -0.05) is 0 Å². The van der Waals surface area contributed by atoms with E-state index in [0.29, 0.717) is 30.4 Å². The van der Waals surface area contributed by atoms with Gasteiger partial charge in [0.25, 0.3) is 0 Å². The molecule has 1 aliphatic carbocycles. The van der Waals surface area contributed by atoms with Crippen LogP contribution in [0.5, 0.6) is 0 Å². The maximum absolute atomic E-state index is 12.9. The minimum atomic E-state index is -0.903. The Morgan fingerprint density at radius 3 is 2.93 bits per heavy atom. The Kier molecular flexibility index (Phi) is 5.70. The Morgan fingerprint density at radius 1 is 1.45 bits per heavy atom. The lowest BCUT2D eigenvalue weighted by Crippen LogP contribution is -2.35. The summed E-state index contributed by atoms with van der Waals surface area (Å²) in [6.45, 7) is 0.585. The summed E-state index contributed by atoms with van der Waals surface area (Å²) in [7, 11) is 1.56. The Balaban J connectivity index is 0.00000240. The molecule has 1 aliphatic heterocycles. The number of likely N-dealkylation sites (N-methyl/N-ethyl adjacent to an activating group) is 1. The summed E-state index contributed by atoms with van der Waals surface area (Å²) < 4.78 is 1.49. The largest absolute Gasteiger partial charge is 0.358 e. The van der Waals surface area contributed by atoms with Crippen LogP contribution in [0.25, 0.3) is 0 Å². The van der Waals surface area contributed by atoms with E-state index in [2.05, 4.69) is 31.8 Å². The standard InChI is InChI=1S/C18H20N8O2.ClH/c1-20-15(27)10-25-9-13(8-22-25)23-17-21-6-4-14(24-17)26-7-5-18(11-19,16(26)28)12-2-3-12;/h4,6,8-9,12H,2-3,5,7,10H2,1H3,(H,20,27)(H,21,23,24);1H/t18-;/m1./s1. The molecular formula is C18H21ClN8O2. The van der Waals surface area contributed by atoms with E-state index in [1.165, 1.54) is 4.68 Å². The highest BCUT2D eigenvalue weighted by Gasteiger charge is 2.57. The molecule has 2 N–H and O–H groups in total. The number of nitrogens with zero attached hydrogens (tertiary/aromatic N) is 6. The number of hydrogen-bond acceptors (Lipinski definition) is 7. The zero-order valence-electron chi connectivity index (χ0n) is 15.8. The molecule has 2 aliphatic rings. The SMILES string of the molecule is CNC(=O)Cn1cc(Nc2nccc(N3CC[C@@](C#N)(C4CC4)C3=O)n2)cn1.Cl. The van der Waals surface area contributed by atoms with Crippen LogP contribution in [0.2, 0.25) is 0 Å². The van der Waals surface area contributed by atoms with Crippen molar-refractivity contribution in [3.8, 4) is 6.07 Å². The molecule has 2 amide bonds. The van der Waals surface area contributed by atoms with Gasteiger partial charge in [-0.2, -0.15) is 15.3 Å². The van der Waals surface area contributed by atoms with Gasteiger partial charge in [0.1, 0.15) is 17.8 Å². The summed E-state index contributed by atoms with van der Waals surface area (Å²) in [6, 6.07) is 3.94. The zero-order valence-corrected chi connectivity index (χ0v) is 16.6. The molecule has 1 atom stereocenters. The third-order valence-electron chi connectivity index (χ3n) is 5.22. The van der Waals surface area contributed by atoms with Gasteiger partial charge in [0, 0.05) is 26.0 Å². The smallest absolute Gasteiger partial charge is 0.248 e. The van der Waals surface area contributed by atoms with Gasteiger partial charge in [0.05, 0.1) is 18.0 Å². The van der Waals surface area contributed by atoms with Gasteiger partial charge in [-0.25, -0.2) is 4.98 Å². The number of nitrogens with one attached hydrogen (secondary N) is 2. The van der Waals surface area contributed by atoms with Gasteiger partial charge in [-0.05, 0) is 31.2 Å². The molecule has 11 heteroatoms. The predicted molar refractivity (Wildman–Crippen MR) is 107 cm³/mol. The number of rotatable bonds is 6. The van der Waals surface area contributed by atoms with Crippen molar-refractivity contribution < 1.29 is 9.59 Å². The fraction of sp³-hybridized carbons (Fsp3) is 0.444. The molecule has 4 rings (SSSR count). The zero-order chi connectivity index (χ0) is 19.7. The van der Waals surface area contributed by atoms with Crippen molar-refractivity contribution in [2.75, 3.05) is 23.8 Å². The molecule has 0 aromatic carbocycles. The van der Waals surface area contributed by atoms with Crippen LogP contribution in [0.15, 0.2) is 24.7 Å². The molecule has 152 valence electrons. The van der Waals surface area contributed by atoms with E-state index in [-0.39, 0.29) is 36.7 Å². The lowest BCUT2D eigenvalue weighted by molar-refractivity contribution is -0.124. The molecule has 10 nitrogen and oxygen atoms in total. The fourth-order valence-electron chi connectivity index (χ4n) is 3.54. The number of aromatic nitrogens is 4. The maximum atomic E-state index is 12.9. The highest BCUT2D eigenvalue weighted by atomic mass is 35.5. The number of halogens is 1. The first-order chi connectivity index (χ1) is 13.6. The highest BCUT2D eigenvalue weighted by Crippen LogP contribution is 2.51. The average molecular weight is 417 g/mol. The van der Waals surface area contributed by atoms with Gasteiger partial charge in [-0.3, -0.25) is 19.2 Å². The summed E-state index contributed by atoms with van der Waals surface area (Å²) in [5, 5.41) is 19.3. The van der Waals surface area contributed by atoms with Gasteiger partial charge in [0.2, 0.25) is 17.8 Å². The van der Waals surface area contributed by atoms with Crippen molar-refractivity contribution in [1.29, 1.82) is 5.26 Å². The summed E-state index contributed by atoms with van der Waals surface area (Å²) in [6.07, 6.45) is 7.20. The lowest BCUT2D eigenvalue weighted by Gasteiger charge is -2.20. The normalized spacial score (nSPS) is 20.7. The molecule has 2 fully saturated rings. The summed E-state index contributed by atoms with van der Waals surface area (Å²) in [5.41, 5.74) is -0.280. The molecular weight excluding hydrogens is 396 g/mol. The van der Waals surface area contributed by atoms with Crippen molar-refractivity contribution in [1.82, 2.24) is 25.1 Å².